The number of nitrogens with two attached hydrogens (primary N) is 1. The first-order valence-electron chi connectivity index (χ1n) is 7.07. The number of aliphatic imine (C=N–C) groups is 1. The zero-order chi connectivity index (χ0) is 13.9. The van der Waals surface area contributed by atoms with E-state index in [4.69, 9.17) is 10.5 Å². The van der Waals surface area contributed by atoms with Gasteiger partial charge in [-0.15, -0.1) is 24.0 Å². The molecule has 2 N–H and O–H groups in total. The molecular formula is C13H22IN5OS. The maximum atomic E-state index is 6.04. The summed E-state index contributed by atoms with van der Waals surface area (Å²) in [4.78, 5) is 11.2. The number of thioether (sulfide) groups is 1. The minimum absolute atomic E-state index is 0. The van der Waals surface area contributed by atoms with Crippen LogP contribution < -0.4 is 5.73 Å². The molecule has 0 radical (unpaired) electrons. The quantitative estimate of drug-likeness (QED) is 0.450. The van der Waals surface area contributed by atoms with Crippen LogP contribution in [0.25, 0.3) is 0 Å². The van der Waals surface area contributed by atoms with E-state index in [2.05, 4.69) is 32.6 Å². The molecule has 1 unspecified atom stereocenters. The summed E-state index contributed by atoms with van der Waals surface area (Å²) >= 11 is 1.82. The Kier molecular flexibility index (Phi) is 6.18. The fraction of sp³-hybridized carbons (Fsp3) is 0.692. The normalized spacial score (nSPS) is 22.0. The number of rotatable bonds is 3. The Bertz CT molecular complexity index is 485. The van der Waals surface area contributed by atoms with Gasteiger partial charge in [0.1, 0.15) is 0 Å². The standard InChI is InChI=1S/C13H21N5OS.HI/c1-10-8-17(4-6-19-10)12(14)15-3-2-11-9-18-5-7-20-13(18)16-11;/h9-10H,2-8H2,1H3,(H2,14,15);1H. The van der Waals surface area contributed by atoms with Crippen molar-refractivity contribution in [3.05, 3.63) is 11.9 Å². The number of aryl methyl sites for hydroxylation is 1. The third-order valence-corrected chi connectivity index (χ3v) is 4.53. The van der Waals surface area contributed by atoms with Gasteiger partial charge in [0, 0.05) is 44.5 Å². The highest BCUT2D eigenvalue weighted by Crippen LogP contribution is 2.24. The fourth-order valence-electron chi connectivity index (χ4n) is 2.49. The van der Waals surface area contributed by atoms with Crippen molar-refractivity contribution in [2.45, 2.75) is 31.1 Å². The third kappa shape index (κ3) is 4.26. The van der Waals surface area contributed by atoms with E-state index >= 15 is 0 Å². The molecule has 1 aromatic heterocycles. The van der Waals surface area contributed by atoms with Gasteiger partial charge in [0.2, 0.25) is 0 Å². The number of ether oxygens (including phenoxy) is 1. The van der Waals surface area contributed by atoms with Crippen molar-refractivity contribution in [3.63, 3.8) is 0 Å². The topological polar surface area (TPSA) is 68.7 Å². The van der Waals surface area contributed by atoms with E-state index in [-0.39, 0.29) is 30.1 Å². The number of guanidine groups is 1. The van der Waals surface area contributed by atoms with Gasteiger partial charge in [0.15, 0.2) is 11.1 Å². The molecule has 2 aliphatic rings. The molecule has 3 heterocycles. The second-order valence-corrected chi connectivity index (χ2v) is 6.24. The van der Waals surface area contributed by atoms with Crippen molar-refractivity contribution in [1.82, 2.24) is 14.5 Å². The van der Waals surface area contributed by atoms with Gasteiger partial charge < -0.3 is 19.9 Å². The molecule has 8 heteroatoms. The second-order valence-electron chi connectivity index (χ2n) is 5.17. The predicted molar refractivity (Wildman–Crippen MR) is 95.5 cm³/mol. The molecule has 0 spiro atoms. The maximum Gasteiger partial charge on any atom is 0.191 e. The Hall–Kier alpha value is -0.480. The van der Waals surface area contributed by atoms with Gasteiger partial charge in [-0.2, -0.15) is 0 Å². The molecule has 0 bridgehead atoms. The lowest BCUT2D eigenvalue weighted by Gasteiger charge is -2.31. The van der Waals surface area contributed by atoms with Crippen molar-refractivity contribution in [2.24, 2.45) is 10.7 Å². The fourth-order valence-corrected chi connectivity index (χ4v) is 3.46. The molecule has 1 fully saturated rings. The first-order chi connectivity index (χ1) is 9.72. The summed E-state index contributed by atoms with van der Waals surface area (Å²) in [7, 11) is 0. The van der Waals surface area contributed by atoms with Crippen LogP contribution in [0.2, 0.25) is 0 Å². The number of nitrogens with zero attached hydrogens (tertiary/aromatic N) is 4. The van der Waals surface area contributed by atoms with E-state index in [0.717, 1.165) is 49.3 Å². The number of halogens is 1. The van der Waals surface area contributed by atoms with Gasteiger partial charge in [-0.05, 0) is 6.92 Å². The summed E-state index contributed by atoms with van der Waals surface area (Å²) in [5.41, 5.74) is 7.15. The number of hydrogen-bond acceptors (Lipinski definition) is 4. The van der Waals surface area contributed by atoms with Crippen LogP contribution in [0.1, 0.15) is 12.6 Å². The van der Waals surface area contributed by atoms with Crippen molar-refractivity contribution in [1.29, 1.82) is 0 Å². The van der Waals surface area contributed by atoms with E-state index in [1.54, 1.807) is 0 Å². The summed E-state index contributed by atoms with van der Waals surface area (Å²) in [6.45, 7) is 6.20. The largest absolute Gasteiger partial charge is 0.375 e. The van der Waals surface area contributed by atoms with Crippen LogP contribution in [-0.2, 0) is 17.7 Å². The first kappa shape index (κ1) is 16.9. The summed E-state index contributed by atoms with van der Waals surface area (Å²) in [6.07, 6.45) is 3.21. The predicted octanol–water partition coefficient (Wildman–Crippen LogP) is 1.18. The summed E-state index contributed by atoms with van der Waals surface area (Å²) in [5, 5.41) is 1.14. The molecule has 1 aromatic rings. The van der Waals surface area contributed by atoms with Crippen molar-refractivity contribution in [3.8, 4) is 0 Å². The SMILES string of the molecule is CC1CN(C(N)=NCCc2cn3c(n2)SCC3)CCO1.I. The lowest BCUT2D eigenvalue weighted by Crippen LogP contribution is -2.47. The smallest absolute Gasteiger partial charge is 0.191 e. The van der Waals surface area contributed by atoms with Gasteiger partial charge >= 0.3 is 0 Å². The highest BCUT2D eigenvalue weighted by Gasteiger charge is 2.18. The monoisotopic (exact) mass is 423 g/mol. The van der Waals surface area contributed by atoms with Crippen LogP contribution in [0.3, 0.4) is 0 Å². The van der Waals surface area contributed by atoms with Crippen molar-refractivity contribution < 1.29 is 4.74 Å². The Morgan fingerprint density at radius 1 is 1.57 bits per heavy atom. The van der Waals surface area contributed by atoms with E-state index < -0.39 is 0 Å². The molecule has 0 aromatic carbocycles. The molecule has 3 rings (SSSR count). The van der Waals surface area contributed by atoms with Gasteiger partial charge in [0.05, 0.1) is 18.4 Å². The minimum atomic E-state index is 0. The summed E-state index contributed by atoms with van der Waals surface area (Å²) < 4.78 is 7.72. The average Bonchev–Trinajstić information content (AvgIpc) is 2.99. The van der Waals surface area contributed by atoms with Gasteiger partial charge in [-0.1, -0.05) is 11.8 Å². The van der Waals surface area contributed by atoms with Gasteiger partial charge in [0.25, 0.3) is 0 Å². The maximum absolute atomic E-state index is 6.04. The van der Waals surface area contributed by atoms with E-state index in [0.29, 0.717) is 12.5 Å². The lowest BCUT2D eigenvalue weighted by atomic mass is 10.3. The highest BCUT2D eigenvalue weighted by atomic mass is 127. The summed E-state index contributed by atoms with van der Waals surface area (Å²) in [5.74, 6) is 1.77. The van der Waals surface area contributed by atoms with Crippen molar-refractivity contribution >= 4 is 41.7 Å². The van der Waals surface area contributed by atoms with Crippen LogP contribution in [0.15, 0.2) is 16.3 Å². The molecule has 1 saturated heterocycles. The van der Waals surface area contributed by atoms with Crippen LogP contribution >= 0.6 is 35.7 Å². The molecular weight excluding hydrogens is 401 g/mol. The van der Waals surface area contributed by atoms with Crippen LogP contribution in [0, 0.1) is 0 Å². The van der Waals surface area contributed by atoms with E-state index in [9.17, 15) is 0 Å². The van der Waals surface area contributed by atoms with E-state index in [1.165, 1.54) is 0 Å². The Morgan fingerprint density at radius 3 is 3.19 bits per heavy atom. The number of aromatic nitrogens is 2. The molecule has 2 aliphatic heterocycles. The van der Waals surface area contributed by atoms with Crippen LogP contribution in [0.4, 0.5) is 0 Å². The average molecular weight is 423 g/mol. The zero-order valence-electron chi connectivity index (χ0n) is 12.2. The third-order valence-electron chi connectivity index (χ3n) is 3.56. The Morgan fingerprint density at radius 2 is 2.43 bits per heavy atom. The molecule has 0 aliphatic carbocycles. The minimum Gasteiger partial charge on any atom is -0.375 e. The van der Waals surface area contributed by atoms with Crippen molar-refractivity contribution in [2.75, 3.05) is 32.0 Å². The molecule has 1 atom stereocenters. The van der Waals surface area contributed by atoms with E-state index in [1.807, 2.05) is 11.8 Å². The number of fused-ring (bicyclic) bond motifs is 1. The van der Waals surface area contributed by atoms with Gasteiger partial charge in [-0.3, -0.25) is 4.99 Å². The first-order valence-corrected chi connectivity index (χ1v) is 8.06. The van der Waals surface area contributed by atoms with Crippen LogP contribution in [-0.4, -0.2) is 58.5 Å². The number of hydrogen-bond donors (Lipinski definition) is 1. The van der Waals surface area contributed by atoms with Gasteiger partial charge in [-0.25, -0.2) is 4.98 Å². The summed E-state index contributed by atoms with van der Waals surface area (Å²) in [6, 6.07) is 0. The molecule has 118 valence electrons. The lowest BCUT2D eigenvalue weighted by molar-refractivity contribution is 0.00530. The number of imidazole rings is 1. The highest BCUT2D eigenvalue weighted by molar-refractivity contribution is 14.0. The molecule has 0 saturated carbocycles. The second kappa shape index (κ2) is 7.68. The molecule has 0 amide bonds. The Labute approximate surface area is 146 Å². The zero-order valence-corrected chi connectivity index (χ0v) is 15.3. The molecule has 21 heavy (non-hydrogen) atoms. The number of morpholine rings is 1. The molecule has 6 nitrogen and oxygen atoms in total. The Balaban J connectivity index is 0.00000161. The van der Waals surface area contributed by atoms with Crippen LogP contribution in [0.5, 0.6) is 0 Å².